The number of unbranched alkanes of at least 4 members (excludes halogenated alkanes) is 2. The molecule has 1 saturated carbocycles. The van der Waals surface area contributed by atoms with Gasteiger partial charge in [-0.1, -0.05) is 44.4 Å². The molecule has 6 unspecified atom stereocenters. The Bertz CT molecular complexity index is 2110. The van der Waals surface area contributed by atoms with Gasteiger partial charge in [0, 0.05) is 70.2 Å². The Hall–Kier alpha value is -5.63. The van der Waals surface area contributed by atoms with Gasteiger partial charge in [0.15, 0.2) is 29.0 Å². The molecule has 14 heteroatoms. The van der Waals surface area contributed by atoms with E-state index in [4.69, 9.17) is 29.7 Å². The number of nitrogens with zero attached hydrogens (tertiary/aromatic N) is 2. The summed E-state index contributed by atoms with van der Waals surface area (Å²) in [5.41, 5.74) is 9.70. The molecule has 64 heavy (non-hydrogen) atoms. The van der Waals surface area contributed by atoms with Crippen molar-refractivity contribution in [2.45, 2.75) is 140 Å². The number of benzene rings is 2. The van der Waals surface area contributed by atoms with Crippen LogP contribution in [0.15, 0.2) is 83.4 Å². The van der Waals surface area contributed by atoms with Crippen molar-refractivity contribution >= 4 is 11.9 Å². The van der Waals surface area contributed by atoms with E-state index in [0.717, 1.165) is 113 Å². The number of pyridine rings is 1. The number of guanidine groups is 1. The smallest absolute Gasteiger partial charge is 0.302 e. The second kappa shape index (κ2) is 22.3. The highest BCUT2D eigenvalue weighted by Gasteiger charge is 2.40. The van der Waals surface area contributed by atoms with Gasteiger partial charge in [0.05, 0.1) is 24.6 Å². The topological polar surface area (TPSA) is 202 Å². The molecule has 0 amide bonds. The summed E-state index contributed by atoms with van der Waals surface area (Å²) in [6.45, 7) is 6.19. The summed E-state index contributed by atoms with van der Waals surface area (Å²) < 4.78 is 25.5. The van der Waals surface area contributed by atoms with Crippen LogP contribution in [0.4, 0.5) is 0 Å². The van der Waals surface area contributed by atoms with Gasteiger partial charge >= 0.3 is 5.97 Å². The van der Waals surface area contributed by atoms with Gasteiger partial charge in [-0.25, -0.2) is 0 Å². The number of allylic oxidation sites excluding steroid dienone is 2. The third-order valence-electron chi connectivity index (χ3n) is 13.0. The fourth-order valence-electron chi connectivity index (χ4n) is 9.71. The van der Waals surface area contributed by atoms with Crippen LogP contribution in [0.3, 0.4) is 0 Å². The predicted octanol–water partition coefficient (Wildman–Crippen LogP) is 7.52. The Morgan fingerprint density at radius 2 is 1.92 bits per heavy atom. The van der Waals surface area contributed by atoms with Crippen LogP contribution < -0.4 is 31.2 Å². The number of carbonyl (C=O) groups is 1. The first-order valence-electron chi connectivity index (χ1n) is 23.4. The van der Waals surface area contributed by atoms with Crippen molar-refractivity contribution in [1.82, 2.24) is 20.9 Å². The number of aromatic nitrogens is 1. The maximum absolute atomic E-state index is 12.4. The molecule has 346 valence electrons. The molecule has 14 nitrogen and oxygen atoms in total. The third kappa shape index (κ3) is 13.0. The van der Waals surface area contributed by atoms with Gasteiger partial charge in [-0.3, -0.25) is 14.8 Å². The van der Waals surface area contributed by atoms with Gasteiger partial charge in [0.2, 0.25) is 5.75 Å². The van der Waals surface area contributed by atoms with Crippen LogP contribution >= 0.6 is 0 Å². The molecular weight excluding hydrogens is 813 g/mol. The Morgan fingerprint density at radius 3 is 2.73 bits per heavy atom. The zero-order valence-corrected chi connectivity index (χ0v) is 37.5. The van der Waals surface area contributed by atoms with Crippen molar-refractivity contribution in [3.63, 3.8) is 0 Å². The van der Waals surface area contributed by atoms with Crippen LogP contribution in [-0.4, -0.2) is 82.3 Å². The van der Waals surface area contributed by atoms with Gasteiger partial charge in [-0.05, 0) is 116 Å². The fraction of sp³-hybridized carbons (Fsp3) is 0.540. The summed E-state index contributed by atoms with van der Waals surface area (Å²) in [6, 6.07) is 12.7. The van der Waals surface area contributed by atoms with Gasteiger partial charge in [-0.15, -0.1) is 0 Å². The predicted molar refractivity (Wildman–Crippen MR) is 246 cm³/mol. The Kier molecular flexibility index (Phi) is 16.2. The lowest BCUT2D eigenvalue weighted by Crippen LogP contribution is -2.59. The van der Waals surface area contributed by atoms with Crippen molar-refractivity contribution in [3.05, 3.63) is 95.1 Å². The van der Waals surface area contributed by atoms with E-state index in [0.29, 0.717) is 37.0 Å². The molecule has 1 spiro atoms. The maximum Gasteiger partial charge on any atom is 0.302 e. The molecule has 3 aliphatic heterocycles. The second-order valence-corrected chi connectivity index (χ2v) is 18.0. The summed E-state index contributed by atoms with van der Waals surface area (Å²) in [5, 5.41) is 43.2. The van der Waals surface area contributed by atoms with Crippen molar-refractivity contribution in [2.24, 2.45) is 16.6 Å². The second-order valence-electron chi connectivity index (χ2n) is 18.0. The molecule has 1 aromatic heterocycles. The minimum absolute atomic E-state index is 0.0475. The highest BCUT2D eigenvalue weighted by molar-refractivity contribution is 5.81. The number of nitrogens with one attached hydrogen (secondary N) is 3. The number of hydrogen-bond acceptors (Lipinski definition) is 14. The van der Waals surface area contributed by atoms with Crippen molar-refractivity contribution < 1.29 is 39.1 Å². The minimum atomic E-state index is -0.537. The number of phenols is 3. The fourth-order valence-corrected chi connectivity index (χ4v) is 9.71. The van der Waals surface area contributed by atoms with Gasteiger partial charge in [0.25, 0.3) is 0 Å². The number of esters is 1. The van der Waals surface area contributed by atoms with E-state index in [1.54, 1.807) is 24.5 Å². The van der Waals surface area contributed by atoms with E-state index in [1.807, 2.05) is 30.3 Å². The third-order valence-corrected chi connectivity index (χ3v) is 13.0. The van der Waals surface area contributed by atoms with Crippen LogP contribution in [0.1, 0.15) is 120 Å². The number of phenolic OH excluding ortho intramolecular Hbond substituents is 3. The van der Waals surface area contributed by atoms with E-state index in [1.165, 1.54) is 18.6 Å². The molecule has 4 heterocycles. The lowest BCUT2D eigenvalue weighted by molar-refractivity contribution is -0.165. The van der Waals surface area contributed by atoms with Crippen LogP contribution in [0.5, 0.6) is 28.7 Å². The number of nitrogens with two attached hydrogens (primary N) is 1. The standard InChI is InChI=1S/C50H68N6O8/c1-3-4-5-11-37(43-29-40(62-33(2)57)30-44(64-43)38-27-42(59)48(60)46(28-38)61-23-16-35-10-7-19-52-32-35)24-36-13-14-41(58)45(25-36)63-39-12-6-17-50(31-39)18-22-55-49(56-50)54-20-8-9-34-15-21-53-47(51)26-34/h7,10,13-15,19,25-28,32,37,39-40,43-44,53,58-60H,3-6,8-9,11-12,16-18,20-24,29-31,51H2,1-2H3,(H2,54,55,56). The maximum atomic E-state index is 12.4. The van der Waals surface area contributed by atoms with Gasteiger partial charge in [0.1, 0.15) is 12.2 Å². The molecule has 8 N–H and O–H groups in total. The first kappa shape index (κ1) is 46.4. The molecule has 1 saturated heterocycles. The monoisotopic (exact) mass is 881 g/mol. The van der Waals surface area contributed by atoms with Crippen LogP contribution in [-0.2, 0) is 27.1 Å². The van der Waals surface area contributed by atoms with E-state index in [9.17, 15) is 20.1 Å². The molecule has 3 aromatic rings. The van der Waals surface area contributed by atoms with E-state index in [-0.39, 0.29) is 59.2 Å². The largest absolute Gasteiger partial charge is 0.504 e. The molecule has 4 aliphatic rings. The van der Waals surface area contributed by atoms with E-state index in [2.05, 4.69) is 33.9 Å². The quantitative estimate of drug-likeness (QED) is 0.0355. The Labute approximate surface area is 377 Å². The number of dihydropyridines is 1. The van der Waals surface area contributed by atoms with Crippen LogP contribution in [0.2, 0.25) is 0 Å². The summed E-state index contributed by atoms with van der Waals surface area (Å²) in [5.74, 6) is 1.34. The van der Waals surface area contributed by atoms with Crippen LogP contribution in [0.25, 0.3) is 0 Å². The summed E-state index contributed by atoms with van der Waals surface area (Å²) >= 11 is 0. The first-order valence-corrected chi connectivity index (χ1v) is 23.4. The number of aliphatic imine (C=N–C) groups is 1. The van der Waals surface area contributed by atoms with Crippen molar-refractivity contribution in [3.8, 4) is 28.7 Å². The molecular formula is C50H68N6O8. The summed E-state index contributed by atoms with van der Waals surface area (Å²) in [4.78, 5) is 21.3. The average Bonchev–Trinajstić information content (AvgIpc) is 3.27. The summed E-state index contributed by atoms with van der Waals surface area (Å²) in [6.07, 6.45) is 19.1. The molecule has 1 aliphatic carbocycles. The lowest BCUT2D eigenvalue weighted by atomic mass is 9.77. The van der Waals surface area contributed by atoms with Crippen molar-refractivity contribution in [2.75, 3.05) is 26.2 Å². The molecule has 2 aromatic carbocycles. The molecule has 7 rings (SSSR count). The zero-order valence-electron chi connectivity index (χ0n) is 37.5. The normalized spacial score (nSPS) is 23.7. The average molecular weight is 881 g/mol. The van der Waals surface area contributed by atoms with Gasteiger partial charge in [-0.2, -0.15) is 0 Å². The van der Waals surface area contributed by atoms with E-state index >= 15 is 0 Å². The number of hydrogen-bond donors (Lipinski definition) is 7. The summed E-state index contributed by atoms with van der Waals surface area (Å²) in [7, 11) is 0. The number of ether oxygens (including phenoxy) is 4. The lowest BCUT2D eigenvalue weighted by Gasteiger charge is -2.44. The molecule has 2 fully saturated rings. The molecule has 0 bridgehead atoms. The highest BCUT2D eigenvalue weighted by atomic mass is 16.6. The Balaban J connectivity index is 1.01. The van der Waals surface area contributed by atoms with E-state index < -0.39 is 12.2 Å². The SMILES string of the molecule is CCCCCC(Cc1ccc(O)c(OC2CCCC3(CCN=C(NCCCC4=CCNC(N)=C4)N3)C2)c1)C1CC(OC(C)=O)CC(c2cc(O)c(O)c(OCCc3cccnc3)c2)O1. The zero-order chi connectivity index (χ0) is 44.9. The first-order chi connectivity index (χ1) is 31.0. The van der Waals surface area contributed by atoms with Crippen molar-refractivity contribution in [1.29, 1.82) is 0 Å². The minimum Gasteiger partial charge on any atom is -0.504 e. The molecule has 6 atom stereocenters. The van der Waals surface area contributed by atoms with Crippen LogP contribution in [0, 0.1) is 5.92 Å². The van der Waals surface area contributed by atoms with Gasteiger partial charge < -0.3 is 56.0 Å². The number of aromatic hydroxyl groups is 3. The molecule has 0 radical (unpaired) electrons. The highest BCUT2D eigenvalue weighted by Crippen LogP contribution is 2.44. The Morgan fingerprint density at radius 1 is 1.03 bits per heavy atom. The number of rotatable bonds is 19. The number of carbonyl (C=O) groups excluding carboxylic acids is 1.